The van der Waals surface area contributed by atoms with Gasteiger partial charge in [0.1, 0.15) is 5.69 Å². The number of aromatic nitrogens is 1. The van der Waals surface area contributed by atoms with Gasteiger partial charge in [0.05, 0.1) is 0 Å². The number of carbonyl (C=O) groups excluding carboxylic acids is 1. The molecule has 0 aliphatic heterocycles. The van der Waals surface area contributed by atoms with Crippen molar-refractivity contribution >= 4 is 28.4 Å². The van der Waals surface area contributed by atoms with Crippen molar-refractivity contribution in [1.82, 2.24) is 9.88 Å². The lowest BCUT2D eigenvalue weighted by Gasteiger charge is -2.08. The number of fused-ring (bicyclic) bond motifs is 1. The number of amides is 1. The maximum absolute atomic E-state index is 12.4. The minimum atomic E-state index is -0.0851. The Morgan fingerprint density at radius 1 is 1.18 bits per heavy atom. The van der Waals surface area contributed by atoms with E-state index in [-0.39, 0.29) is 5.91 Å². The highest BCUT2D eigenvalue weighted by Gasteiger charge is 2.13. The zero-order chi connectivity index (χ0) is 15.7. The Morgan fingerprint density at radius 2 is 1.95 bits per heavy atom. The van der Waals surface area contributed by atoms with Crippen molar-refractivity contribution < 1.29 is 4.79 Å². The van der Waals surface area contributed by atoms with Gasteiger partial charge in [-0.25, -0.2) is 0 Å². The highest BCUT2D eigenvalue weighted by molar-refractivity contribution is 6.31. The predicted molar refractivity (Wildman–Crippen MR) is 90.3 cm³/mol. The van der Waals surface area contributed by atoms with Gasteiger partial charge in [0.15, 0.2) is 0 Å². The average molecular weight is 313 g/mol. The van der Waals surface area contributed by atoms with Crippen molar-refractivity contribution in [3.05, 3.63) is 70.4 Å². The second-order valence-electron chi connectivity index (χ2n) is 5.40. The number of nitrogens with one attached hydrogen (secondary N) is 1. The largest absolute Gasteiger partial charge is 0.347 e. The topological polar surface area (TPSA) is 34.0 Å². The van der Waals surface area contributed by atoms with Gasteiger partial charge in [-0.15, -0.1) is 0 Å². The molecule has 1 N–H and O–H groups in total. The molecule has 3 aromatic rings. The summed E-state index contributed by atoms with van der Waals surface area (Å²) in [5, 5.41) is 4.65. The molecule has 0 aliphatic carbocycles. The van der Waals surface area contributed by atoms with E-state index in [2.05, 4.69) is 5.32 Å². The molecule has 1 aromatic heterocycles. The quantitative estimate of drug-likeness (QED) is 0.777. The first-order chi connectivity index (χ1) is 10.6. The maximum atomic E-state index is 12.4. The molecular formula is C18H17ClN2O. The first-order valence-electron chi connectivity index (χ1n) is 7.14. The van der Waals surface area contributed by atoms with Crippen molar-refractivity contribution in [3.8, 4) is 0 Å². The van der Waals surface area contributed by atoms with Crippen LogP contribution in [0.5, 0.6) is 0 Å². The minimum Gasteiger partial charge on any atom is -0.347 e. The molecule has 1 amide bonds. The molecule has 0 radical (unpaired) electrons. The Balaban J connectivity index is 1.83. The number of rotatable bonds is 3. The number of benzene rings is 2. The molecule has 0 bridgehead atoms. The molecule has 0 spiro atoms. The summed E-state index contributed by atoms with van der Waals surface area (Å²) in [6, 6.07) is 15.6. The van der Waals surface area contributed by atoms with E-state index in [4.69, 9.17) is 11.6 Å². The van der Waals surface area contributed by atoms with Crippen LogP contribution in [0, 0.1) is 6.92 Å². The zero-order valence-corrected chi connectivity index (χ0v) is 13.3. The highest BCUT2D eigenvalue weighted by atomic mass is 35.5. The molecule has 3 rings (SSSR count). The summed E-state index contributed by atoms with van der Waals surface area (Å²) >= 11 is 6.02. The first-order valence-corrected chi connectivity index (χ1v) is 7.52. The van der Waals surface area contributed by atoms with E-state index in [1.54, 1.807) is 0 Å². The molecule has 0 fully saturated rings. The molecule has 0 atom stereocenters. The minimum absolute atomic E-state index is 0.0851. The molecule has 4 heteroatoms. The van der Waals surface area contributed by atoms with Crippen LogP contribution in [-0.2, 0) is 13.6 Å². The Kier molecular flexibility index (Phi) is 3.90. The lowest BCUT2D eigenvalue weighted by molar-refractivity contribution is 0.0943. The zero-order valence-electron chi connectivity index (χ0n) is 12.6. The predicted octanol–water partition coefficient (Wildman–Crippen LogP) is 4.07. The van der Waals surface area contributed by atoms with Crippen molar-refractivity contribution in [2.75, 3.05) is 0 Å². The normalized spacial score (nSPS) is 10.9. The molecular weight excluding hydrogens is 296 g/mol. The van der Waals surface area contributed by atoms with Crippen LogP contribution in [0.4, 0.5) is 0 Å². The van der Waals surface area contributed by atoms with Crippen LogP contribution >= 0.6 is 11.6 Å². The summed E-state index contributed by atoms with van der Waals surface area (Å²) in [6.45, 7) is 2.56. The molecule has 0 aliphatic rings. The number of aryl methyl sites for hydroxylation is 2. The van der Waals surface area contributed by atoms with E-state index in [9.17, 15) is 4.79 Å². The number of hydrogen-bond donors (Lipinski definition) is 1. The van der Waals surface area contributed by atoms with E-state index in [1.807, 2.05) is 67.1 Å². The van der Waals surface area contributed by atoms with Crippen LogP contribution in [0.25, 0.3) is 10.9 Å². The van der Waals surface area contributed by atoms with E-state index in [1.165, 1.54) is 5.56 Å². The summed E-state index contributed by atoms with van der Waals surface area (Å²) in [5.74, 6) is -0.0851. The van der Waals surface area contributed by atoms with Gasteiger partial charge < -0.3 is 9.88 Å². The van der Waals surface area contributed by atoms with Gasteiger partial charge in [0.2, 0.25) is 0 Å². The summed E-state index contributed by atoms with van der Waals surface area (Å²) in [6.07, 6.45) is 0. The second kappa shape index (κ2) is 5.85. The van der Waals surface area contributed by atoms with Gasteiger partial charge in [-0.2, -0.15) is 0 Å². The summed E-state index contributed by atoms with van der Waals surface area (Å²) in [4.78, 5) is 12.4. The lowest BCUT2D eigenvalue weighted by atomic mass is 10.1. The molecule has 2 aromatic carbocycles. The number of nitrogens with zero attached hydrogens (tertiary/aromatic N) is 1. The molecule has 0 saturated carbocycles. The van der Waals surface area contributed by atoms with Crippen LogP contribution < -0.4 is 5.32 Å². The standard InChI is InChI=1S/C18H17ClN2O/c1-12-5-3-4-6-14(12)11-20-18(22)17-9-13-7-8-15(19)10-16(13)21(17)2/h3-10H,11H2,1-2H3,(H,20,22). The van der Waals surface area contributed by atoms with E-state index in [0.29, 0.717) is 17.3 Å². The van der Waals surface area contributed by atoms with Gasteiger partial charge in [0.25, 0.3) is 5.91 Å². The lowest BCUT2D eigenvalue weighted by Crippen LogP contribution is -2.25. The Morgan fingerprint density at radius 3 is 2.73 bits per heavy atom. The van der Waals surface area contributed by atoms with Crippen LogP contribution in [0.1, 0.15) is 21.6 Å². The third-order valence-electron chi connectivity index (χ3n) is 3.94. The van der Waals surface area contributed by atoms with Crippen molar-refractivity contribution in [1.29, 1.82) is 0 Å². The van der Waals surface area contributed by atoms with E-state index in [0.717, 1.165) is 16.5 Å². The van der Waals surface area contributed by atoms with Crippen LogP contribution in [0.3, 0.4) is 0 Å². The maximum Gasteiger partial charge on any atom is 0.268 e. The molecule has 22 heavy (non-hydrogen) atoms. The van der Waals surface area contributed by atoms with Gasteiger partial charge >= 0.3 is 0 Å². The fourth-order valence-corrected chi connectivity index (χ4v) is 2.76. The van der Waals surface area contributed by atoms with E-state index >= 15 is 0 Å². The van der Waals surface area contributed by atoms with Gasteiger partial charge in [-0.05, 0) is 36.2 Å². The van der Waals surface area contributed by atoms with Crippen LogP contribution in [-0.4, -0.2) is 10.5 Å². The Labute approximate surface area is 134 Å². The molecule has 3 nitrogen and oxygen atoms in total. The fraction of sp³-hybridized carbons (Fsp3) is 0.167. The summed E-state index contributed by atoms with van der Waals surface area (Å²) < 4.78 is 1.87. The Bertz CT molecular complexity index is 851. The van der Waals surface area contributed by atoms with Crippen LogP contribution in [0.15, 0.2) is 48.5 Å². The number of carbonyl (C=O) groups is 1. The SMILES string of the molecule is Cc1ccccc1CNC(=O)c1cc2ccc(Cl)cc2n1C. The first kappa shape index (κ1) is 14.7. The van der Waals surface area contributed by atoms with Gasteiger partial charge in [-0.1, -0.05) is 41.9 Å². The summed E-state index contributed by atoms with van der Waals surface area (Å²) in [7, 11) is 1.88. The molecule has 0 unspecified atom stereocenters. The number of hydrogen-bond acceptors (Lipinski definition) is 1. The highest BCUT2D eigenvalue weighted by Crippen LogP contribution is 2.22. The molecule has 112 valence electrons. The Hall–Kier alpha value is -2.26. The monoisotopic (exact) mass is 312 g/mol. The van der Waals surface area contributed by atoms with Crippen molar-refractivity contribution in [3.63, 3.8) is 0 Å². The van der Waals surface area contributed by atoms with Gasteiger partial charge in [-0.3, -0.25) is 4.79 Å². The second-order valence-corrected chi connectivity index (χ2v) is 5.84. The smallest absolute Gasteiger partial charge is 0.268 e. The average Bonchev–Trinajstić information content (AvgIpc) is 2.83. The van der Waals surface area contributed by atoms with Gasteiger partial charge in [0, 0.05) is 29.5 Å². The summed E-state index contributed by atoms with van der Waals surface area (Å²) in [5.41, 5.74) is 3.88. The third kappa shape index (κ3) is 2.72. The van der Waals surface area contributed by atoms with Crippen LogP contribution in [0.2, 0.25) is 5.02 Å². The van der Waals surface area contributed by atoms with E-state index < -0.39 is 0 Å². The van der Waals surface area contributed by atoms with Crippen molar-refractivity contribution in [2.45, 2.75) is 13.5 Å². The van der Waals surface area contributed by atoms with Crippen molar-refractivity contribution in [2.24, 2.45) is 7.05 Å². The fourth-order valence-electron chi connectivity index (χ4n) is 2.60. The third-order valence-corrected chi connectivity index (χ3v) is 4.18. The number of halogens is 1. The molecule has 1 heterocycles. The molecule has 0 saturated heterocycles.